The van der Waals surface area contributed by atoms with E-state index >= 15 is 0 Å². The molecule has 0 spiro atoms. The van der Waals surface area contributed by atoms with E-state index in [1.807, 2.05) is 39.8 Å². The zero-order valence-corrected chi connectivity index (χ0v) is 19.6. The third-order valence-electron chi connectivity index (χ3n) is 5.85. The van der Waals surface area contributed by atoms with Crippen molar-refractivity contribution < 1.29 is 24.2 Å². The topological polar surface area (TPSA) is 76.1 Å². The van der Waals surface area contributed by atoms with E-state index in [9.17, 15) is 14.7 Å². The van der Waals surface area contributed by atoms with Crippen LogP contribution in [-0.4, -0.2) is 60.4 Å². The van der Waals surface area contributed by atoms with E-state index in [2.05, 4.69) is 12.2 Å². The molecule has 6 atom stereocenters. The van der Waals surface area contributed by atoms with Crippen molar-refractivity contribution in [2.45, 2.75) is 77.2 Å². The van der Waals surface area contributed by atoms with E-state index in [1.54, 1.807) is 6.08 Å². The number of rotatable bonds is 4. The minimum atomic E-state index is -0.584. The zero-order valence-electron chi connectivity index (χ0n) is 18.8. The van der Waals surface area contributed by atoms with Gasteiger partial charge in [-0.15, -0.1) is 12.4 Å². The summed E-state index contributed by atoms with van der Waals surface area (Å²) in [6.45, 7) is 5.85. The van der Waals surface area contributed by atoms with E-state index in [4.69, 9.17) is 9.47 Å². The molecule has 1 saturated carbocycles. The van der Waals surface area contributed by atoms with Crippen LogP contribution in [0.4, 0.5) is 0 Å². The number of carbonyl (C=O) groups excluding carboxylic acids is 2. The van der Waals surface area contributed by atoms with Crippen molar-refractivity contribution in [3.8, 4) is 0 Å². The standard InChI is InChI=1S/C23H37NO5.ClH/c1-15(2)22(24(4)5)23(27)29-20-11-12-21(26)28-16(3)9-7-6-8-10-17-13-18(25)14-19(17)20;/h8,10-12,15-20,22,25H,6-7,9,13-14H2,1-5H3;1H/b10-8+,12-11+;/t16-,17+,18-,19+,20+,22-;/m0./s1. The summed E-state index contributed by atoms with van der Waals surface area (Å²) in [5.41, 5.74) is 0. The summed E-state index contributed by atoms with van der Waals surface area (Å²) >= 11 is 0. The van der Waals surface area contributed by atoms with Crippen LogP contribution in [0.5, 0.6) is 0 Å². The molecule has 1 aliphatic carbocycles. The molecule has 7 heteroatoms. The van der Waals surface area contributed by atoms with E-state index in [-0.39, 0.29) is 48.3 Å². The van der Waals surface area contributed by atoms with Crippen LogP contribution in [0.15, 0.2) is 24.3 Å². The largest absolute Gasteiger partial charge is 0.460 e. The summed E-state index contributed by atoms with van der Waals surface area (Å²) in [6, 6.07) is -0.375. The number of ether oxygens (including phenoxy) is 2. The van der Waals surface area contributed by atoms with Crippen LogP contribution in [-0.2, 0) is 19.1 Å². The zero-order chi connectivity index (χ0) is 21.6. The molecule has 0 unspecified atom stereocenters. The average Bonchev–Trinajstić information content (AvgIpc) is 2.97. The Morgan fingerprint density at radius 3 is 2.60 bits per heavy atom. The van der Waals surface area contributed by atoms with E-state index in [0.717, 1.165) is 19.3 Å². The number of fused-ring (bicyclic) bond motifs is 1. The Morgan fingerprint density at radius 2 is 1.97 bits per heavy atom. The molecule has 30 heavy (non-hydrogen) atoms. The van der Waals surface area contributed by atoms with Crippen molar-refractivity contribution in [2.75, 3.05) is 14.1 Å². The lowest BCUT2D eigenvalue weighted by molar-refractivity contribution is -0.157. The Labute approximate surface area is 187 Å². The number of hydrogen-bond acceptors (Lipinski definition) is 6. The third-order valence-corrected chi connectivity index (χ3v) is 5.85. The summed E-state index contributed by atoms with van der Waals surface area (Å²) < 4.78 is 11.4. The Bertz CT molecular complexity index is 611. The first-order valence-electron chi connectivity index (χ1n) is 10.8. The number of allylic oxidation sites excluding steroid dienone is 2. The van der Waals surface area contributed by atoms with E-state index in [1.165, 1.54) is 6.08 Å². The van der Waals surface area contributed by atoms with Crippen molar-refractivity contribution in [3.05, 3.63) is 24.3 Å². The van der Waals surface area contributed by atoms with Crippen molar-refractivity contribution in [1.82, 2.24) is 4.90 Å². The van der Waals surface area contributed by atoms with Crippen LogP contribution in [0, 0.1) is 17.8 Å². The minimum absolute atomic E-state index is 0. The van der Waals surface area contributed by atoms with Gasteiger partial charge < -0.3 is 14.6 Å². The first kappa shape index (κ1) is 26.7. The normalized spacial score (nSPS) is 33.2. The van der Waals surface area contributed by atoms with Crippen LogP contribution in [0.3, 0.4) is 0 Å². The van der Waals surface area contributed by atoms with E-state index < -0.39 is 18.2 Å². The quantitative estimate of drug-likeness (QED) is 0.529. The molecule has 2 aliphatic rings. The van der Waals surface area contributed by atoms with Gasteiger partial charge in [0, 0.05) is 12.0 Å². The molecule has 172 valence electrons. The van der Waals surface area contributed by atoms with E-state index in [0.29, 0.717) is 12.8 Å². The van der Waals surface area contributed by atoms with Crippen molar-refractivity contribution in [1.29, 1.82) is 0 Å². The van der Waals surface area contributed by atoms with Crippen LogP contribution in [0.1, 0.15) is 52.9 Å². The number of aliphatic hydroxyl groups excluding tert-OH is 1. The van der Waals surface area contributed by atoms with Crippen molar-refractivity contribution in [2.24, 2.45) is 17.8 Å². The van der Waals surface area contributed by atoms with Gasteiger partial charge in [0.25, 0.3) is 0 Å². The average molecular weight is 444 g/mol. The number of halogens is 1. The lowest BCUT2D eigenvalue weighted by Gasteiger charge is -2.30. The smallest absolute Gasteiger partial charge is 0.330 e. The highest BCUT2D eigenvalue weighted by atomic mass is 35.5. The molecule has 1 N–H and O–H groups in total. The highest BCUT2D eigenvalue weighted by Crippen LogP contribution is 2.37. The molecule has 0 radical (unpaired) electrons. The molecule has 0 aromatic rings. The molecular formula is C23H38ClNO5. The second-order valence-corrected chi connectivity index (χ2v) is 8.97. The van der Waals surface area contributed by atoms with Gasteiger partial charge in [-0.1, -0.05) is 26.0 Å². The first-order chi connectivity index (χ1) is 13.7. The third kappa shape index (κ3) is 7.71. The summed E-state index contributed by atoms with van der Waals surface area (Å²) in [5, 5.41) is 10.3. The minimum Gasteiger partial charge on any atom is -0.460 e. The molecule has 1 fully saturated rings. The lowest BCUT2D eigenvalue weighted by atomic mass is 9.89. The molecule has 1 heterocycles. The fourth-order valence-electron chi connectivity index (χ4n) is 4.49. The molecule has 1 aliphatic heterocycles. The molecule has 0 aromatic carbocycles. The summed E-state index contributed by atoms with van der Waals surface area (Å²) in [7, 11) is 3.71. The predicted molar refractivity (Wildman–Crippen MR) is 119 cm³/mol. The SMILES string of the molecule is CC(C)[C@@H](C(=O)O[C@@H]1/C=C/C(=O)O[C@@H](C)CCC/C=C/[C@@H]2C[C@H](O)C[C@H]21)N(C)C.Cl. The second kappa shape index (κ2) is 12.5. The summed E-state index contributed by atoms with van der Waals surface area (Å²) in [4.78, 5) is 27.0. The first-order valence-corrected chi connectivity index (χ1v) is 10.8. The van der Waals surface area contributed by atoms with Crippen LogP contribution in [0.2, 0.25) is 0 Å². The Morgan fingerprint density at radius 1 is 1.27 bits per heavy atom. The maximum Gasteiger partial charge on any atom is 0.330 e. The van der Waals surface area contributed by atoms with Crippen molar-refractivity contribution in [3.63, 3.8) is 0 Å². The highest BCUT2D eigenvalue weighted by Gasteiger charge is 2.39. The number of aliphatic hydroxyl groups is 1. The molecule has 0 bridgehead atoms. The molecular weight excluding hydrogens is 406 g/mol. The van der Waals surface area contributed by atoms with Crippen molar-refractivity contribution >= 4 is 24.3 Å². The van der Waals surface area contributed by atoms with Gasteiger partial charge in [-0.05, 0) is 71.0 Å². The number of nitrogens with zero attached hydrogens (tertiary/aromatic N) is 1. The second-order valence-electron chi connectivity index (χ2n) is 8.97. The maximum absolute atomic E-state index is 12.9. The van der Waals surface area contributed by atoms with Gasteiger partial charge in [-0.2, -0.15) is 0 Å². The monoisotopic (exact) mass is 443 g/mol. The number of carbonyl (C=O) groups is 2. The van der Waals surface area contributed by atoms with Crippen LogP contribution >= 0.6 is 12.4 Å². The fraction of sp³-hybridized carbons (Fsp3) is 0.739. The van der Waals surface area contributed by atoms with Crippen LogP contribution in [0.25, 0.3) is 0 Å². The molecule has 2 rings (SSSR count). The number of hydrogen-bond donors (Lipinski definition) is 1. The molecule has 0 amide bonds. The van der Waals surface area contributed by atoms with Gasteiger partial charge in [0.1, 0.15) is 12.1 Å². The molecule has 6 nitrogen and oxygen atoms in total. The van der Waals surface area contributed by atoms with Gasteiger partial charge in [-0.25, -0.2) is 4.79 Å². The van der Waals surface area contributed by atoms with Crippen LogP contribution < -0.4 is 0 Å². The molecule has 0 aromatic heterocycles. The Hall–Kier alpha value is -1.37. The number of esters is 2. The highest BCUT2D eigenvalue weighted by molar-refractivity contribution is 5.85. The van der Waals surface area contributed by atoms with Gasteiger partial charge in [0.2, 0.25) is 0 Å². The summed E-state index contributed by atoms with van der Waals surface area (Å²) in [6.07, 6.45) is 9.95. The Kier molecular flexibility index (Phi) is 11.1. The van der Waals surface area contributed by atoms with Gasteiger partial charge in [0.15, 0.2) is 0 Å². The lowest BCUT2D eigenvalue weighted by Crippen LogP contribution is -2.43. The van der Waals surface area contributed by atoms with Gasteiger partial charge in [0.05, 0.1) is 12.2 Å². The van der Waals surface area contributed by atoms with Gasteiger partial charge >= 0.3 is 11.9 Å². The van der Waals surface area contributed by atoms with Gasteiger partial charge in [-0.3, -0.25) is 9.69 Å². The fourth-order valence-corrected chi connectivity index (χ4v) is 4.49. The maximum atomic E-state index is 12.9. The summed E-state index contributed by atoms with van der Waals surface area (Å²) in [5.74, 6) is -0.600. The molecule has 0 saturated heterocycles. The number of likely N-dealkylation sites (N-methyl/N-ethyl adjacent to an activating group) is 1. The predicted octanol–water partition coefficient (Wildman–Crippen LogP) is 3.52. The Balaban J connectivity index is 0.00000450. The number of cyclic esters (lactones) is 1.